The fraction of sp³-hybridized carbons (Fsp3) is 0.786. The molecule has 1 N–H and O–H groups in total. The van der Waals surface area contributed by atoms with Gasteiger partial charge in [-0.1, -0.05) is 0 Å². The molecule has 0 unspecified atom stereocenters. The van der Waals surface area contributed by atoms with Gasteiger partial charge in [-0.3, -0.25) is 4.68 Å². The Morgan fingerprint density at radius 3 is 2.55 bits per heavy atom. The van der Waals surface area contributed by atoms with E-state index in [9.17, 15) is 8.42 Å². The van der Waals surface area contributed by atoms with Gasteiger partial charge in [0.15, 0.2) is 5.03 Å². The van der Waals surface area contributed by atoms with E-state index in [2.05, 4.69) is 10.4 Å². The first-order valence-corrected chi connectivity index (χ1v) is 9.30. The second-order valence-electron chi connectivity index (χ2n) is 6.02. The van der Waals surface area contributed by atoms with Crippen LogP contribution in [0.25, 0.3) is 0 Å². The lowest BCUT2D eigenvalue weighted by Crippen LogP contribution is -2.45. The minimum atomic E-state index is -3.40. The summed E-state index contributed by atoms with van der Waals surface area (Å²) in [6, 6.07) is 2.06. The molecule has 2 heterocycles. The molecule has 0 atom stereocenters. The van der Waals surface area contributed by atoms with Crippen LogP contribution in [-0.2, 0) is 16.6 Å². The molecular weight excluding hydrogens is 324 g/mol. The van der Waals surface area contributed by atoms with Gasteiger partial charge in [0.1, 0.15) is 0 Å². The second-order valence-corrected chi connectivity index (χ2v) is 7.90. The van der Waals surface area contributed by atoms with Gasteiger partial charge >= 0.3 is 0 Å². The van der Waals surface area contributed by atoms with E-state index in [1.807, 2.05) is 6.92 Å². The fourth-order valence-corrected chi connectivity index (χ4v) is 4.50. The SMILES string of the molecule is CCn1nccc1S(=O)(=O)N1CCC(NCC2CC2)CC1.Cl. The lowest BCUT2D eigenvalue weighted by Gasteiger charge is -2.31. The lowest BCUT2D eigenvalue weighted by molar-refractivity contribution is 0.286. The van der Waals surface area contributed by atoms with E-state index in [-0.39, 0.29) is 12.4 Å². The van der Waals surface area contributed by atoms with E-state index in [0.29, 0.717) is 30.7 Å². The number of sulfonamides is 1. The summed E-state index contributed by atoms with van der Waals surface area (Å²) in [4.78, 5) is 0. The van der Waals surface area contributed by atoms with Crippen LogP contribution >= 0.6 is 12.4 Å². The van der Waals surface area contributed by atoms with Crippen molar-refractivity contribution < 1.29 is 8.42 Å². The molecule has 2 aliphatic rings. The van der Waals surface area contributed by atoms with Crippen molar-refractivity contribution in [3.8, 4) is 0 Å². The maximum atomic E-state index is 12.7. The molecule has 0 radical (unpaired) electrons. The van der Waals surface area contributed by atoms with Crippen molar-refractivity contribution >= 4 is 22.4 Å². The first-order chi connectivity index (χ1) is 10.1. The fourth-order valence-electron chi connectivity index (χ4n) is 2.87. The number of hydrogen-bond acceptors (Lipinski definition) is 4. The summed E-state index contributed by atoms with van der Waals surface area (Å²) in [6.07, 6.45) is 6.04. The molecule has 8 heteroatoms. The van der Waals surface area contributed by atoms with Gasteiger partial charge in [0.2, 0.25) is 0 Å². The van der Waals surface area contributed by atoms with Gasteiger partial charge in [0, 0.05) is 25.7 Å². The number of rotatable bonds is 6. The van der Waals surface area contributed by atoms with Crippen LogP contribution in [0.1, 0.15) is 32.6 Å². The molecule has 1 aromatic heterocycles. The molecule has 0 aromatic carbocycles. The van der Waals surface area contributed by atoms with Crippen molar-refractivity contribution in [2.75, 3.05) is 19.6 Å². The normalized spacial score (nSPS) is 20.8. The largest absolute Gasteiger partial charge is 0.314 e. The molecule has 1 aliphatic carbocycles. The number of nitrogens with one attached hydrogen (secondary N) is 1. The van der Waals surface area contributed by atoms with Crippen molar-refractivity contribution in [2.24, 2.45) is 5.92 Å². The molecule has 1 aliphatic heterocycles. The van der Waals surface area contributed by atoms with Gasteiger partial charge in [-0.2, -0.15) is 9.40 Å². The Bertz CT molecular complexity index is 577. The molecular formula is C14H25ClN4O2S. The first-order valence-electron chi connectivity index (χ1n) is 7.86. The van der Waals surface area contributed by atoms with E-state index in [4.69, 9.17) is 0 Å². The van der Waals surface area contributed by atoms with Gasteiger partial charge < -0.3 is 5.32 Å². The van der Waals surface area contributed by atoms with Crippen LogP contribution in [0.3, 0.4) is 0 Å². The monoisotopic (exact) mass is 348 g/mol. The second kappa shape index (κ2) is 7.29. The van der Waals surface area contributed by atoms with Crippen LogP contribution in [0.4, 0.5) is 0 Å². The van der Waals surface area contributed by atoms with Crippen LogP contribution in [0.2, 0.25) is 0 Å². The average molecular weight is 349 g/mol. The van der Waals surface area contributed by atoms with Crippen molar-refractivity contribution in [2.45, 2.75) is 50.2 Å². The highest BCUT2D eigenvalue weighted by atomic mass is 35.5. The summed E-state index contributed by atoms with van der Waals surface area (Å²) in [7, 11) is -3.40. The molecule has 0 amide bonds. The minimum Gasteiger partial charge on any atom is -0.314 e. The number of piperidine rings is 1. The average Bonchev–Trinajstić information content (AvgIpc) is 3.19. The summed E-state index contributed by atoms with van der Waals surface area (Å²) >= 11 is 0. The van der Waals surface area contributed by atoms with Gasteiger partial charge in [0.05, 0.1) is 6.20 Å². The first kappa shape index (κ1) is 17.7. The quantitative estimate of drug-likeness (QED) is 0.845. The summed E-state index contributed by atoms with van der Waals surface area (Å²) in [5.41, 5.74) is 0. The standard InChI is InChI=1S/C14H24N4O2S.ClH/c1-2-18-14(5-8-16-18)21(19,20)17-9-6-13(7-10-17)15-11-12-3-4-12;/h5,8,12-13,15H,2-4,6-7,9-11H2,1H3;1H. The minimum absolute atomic E-state index is 0. The maximum Gasteiger partial charge on any atom is 0.260 e. The van der Waals surface area contributed by atoms with Crippen LogP contribution < -0.4 is 5.32 Å². The summed E-state index contributed by atoms with van der Waals surface area (Å²) in [5.74, 6) is 0.866. The lowest BCUT2D eigenvalue weighted by atomic mass is 10.1. The third-order valence-electron chi connectivity index (χ3n) is 4.43. The summed E-state index contributed by atoms with van der Waals surface area (Å²) < 4.78 is 28.5. The van der Waals surface area contributed by atoms with Gasteiger partial charge in [-0.05, 0) is 51.1 Å². The smallest absolute Gasteiger partial charge is 0.260 e. The van der Waals surface area contributed by atoms with Gasteiger partial charge in [-0.25, -0.2) is 8.42 Å². The number of nitrogens with zero attached hydrogens (tertiary/aromatic N) is 3. The summed E-state index contributed by atoms with van der Waals surface area (Å²) in [6.45, 7) is 4.76. The highest BCUT2D eigenvalue weighted by molar-refractivity contribution is 7.89. The van der Waals surface area contributed by atoms with Crippen molar-refractivity contribution in [1.29, 1.82) is 0 Å². The number of halogens is 1. The molecule has 1 aromatic rings. The molecule has 126 valence electrons. The molecule has 1 saturated heterocycles. The zero-order valence-corrected chi connectivity index (χ0v) is 14.6. The predicted octanol–water partition coefficient (Wildman–Crippen LogP) is 1.48. The summed E-state index contributed by atoms with van der Waals surface area (Å²) in [5, 5.41) is 7.95. The molecule has 2 fully saturated rings. The van der Waals surface area contributed by atoms with E-state index < -0.39 is 10.0 Å². The van der Waals surface area contributed by atoms with E-state index >= 15 is 0 Å². The molecule has 0 spiro atoms. The van der Waals surface area contributed by atoms with Crippen molar-refractivity contribution in [3.63, 3.8) is 0 Å². The van der Waals surface area contributed by atoms with Crippen LogP contribution in [-0.4, -0.2) is 48.2 Å². The zero-order chi connectivity index (χ0) is 14.9. The molecule has 1 saturated carbocycles. The molecule has 6 nitrogen and oxygen atoms in total. The topological polar surface area (TPSA) is 67.2 Å². The predicted molar refractivity (Wildman–Crippen MR) is 87.7 cm³/mol. The van der Waals surface area contributed by atoms with E-state index in [1.54, 1.807) is 21.3 Å². The number of aryl methyl sites for hydroxylation is 1. The Balaban J connectivity index is 0.00000176. The Kier molecular flexibility index (Phi) is 5.87. The van der Waals surface area contributed by atoms with Crippen molar-refractivity contribution in [1.82, 2.24) is 19.4 Å². The number of hydrogen-bond donors (Lipinski definition) is 1. The highest BCUT2D eigenvalue weighted by Gasteiger charge is 2.32. The third-order valence-corrected chi connectivity index (χ3v) is 6.35. The van der Waals surface area contributed by atoms with Gasteiger partial charge in [0.25, 0.3) is 10.0 Å². The molecule has 3 rings (SSSR count). The maximum absolute atomic E-state index is 12.7. The Morgan fingerprint density at radius 2 is 1.95 bits per heavy atom. The Hall–Kier alpha value is -0.630. The van der Waals surface area contributed by atoms with E-state index in [1.165, 1.54) is 12.8 Å². The zero-order valence-electron chi connectivity index (χ0n) is 12.9. The van der Waals surface area contributed by atoms with Crippen LogP contribution in [0.5, 0.6) is 0 Å². The van der Waals surface area contributed by atoms with Crippen LogP contribution in [0, 0.1) is 5.92 Å². The van der Waals surface area contributed by atoms with Crippen molar-refractivity contribution in [3.05, 3.63) is 12.3 Å². The third kappa shape index (κ3) is 3.82. The Labute approximate surface area is 138 Å². The Morgan fingerprint density at radius 1 is 1.27 bits per heavy atom. The van der Waals surface area contributed by atoms with Gasteiger partial charge in [-0.15, -0.1) is 12.4 Å². The highest BCUT2D eigenvalue weighted by Crippen LogP contribution is 2.28. The molecule has 0 bridgehead atoms. The van der Waals surface area contributed by atoms with Crippen LogP contribution in [0.15, 0.2) is 17.3 Å². The number of aromatic nitrogens is 2. The molecule has 22 heavy (non-hydrogen) atoms. The van der Waals surface area contributed by atoms with E-state index in [0.717, 1.165) is 25.3 Å².